The van der Waals surface area contributed by atoms with Crippen molar-refractivity contribution in [3.8, 4) is 0 Å². The van der Waals surface area contributed by atoms with Crippen molar-refractivity contribution < 1.29 is 9.59 Å². The first-order chi connectivity index (χ1) is 8.09. The van der Waals surface area contributed by atoms with Crippen LogP contribution in [0.25, 0.3) is 0 Å². The molecule has 5 nitrogen and oxygen atoms in total. The summed E-state index contributed by atoms with van der Waals surface area (Å²) in [6.07, 6.45) is 6.54. The van der Waals surface area contributed by atoms with Gasteiger partial charge in [0.2, 0.25) is 11.8 Å². The molecule has 1 atom stereocenters. The van der Waals surface area contributed by atoms with Crippen LogP contribution in [0.2, 0.25) is 0 Å². The summed E-state index contributed by atoms with van der Waals surface area (Å²) in [4.78, 5) is 22.8. The van der Waals surface area contributed by atoms with E-state index >= 15 is 0 Å². The number of nitrogens with two attached hydrogens (primary N) is 1. The van der Waals surface area contributed by atoms with E-state index in [0.29, 0.717) is 19.4 Å². The first-order valence-electron chi connectivity index (χ1n) is 6.45. The Hall–Kier alpha value is -0.810. The third-order valence-corrected chi connectivity index (χ3v) is 3.78. The SMILES string of the molecule is Cl.NC1(CNC(=O)[C@H]2CCC(=O)N2)CCCCC1. The second-order valence-corrected chi connectivity index (χ2v) is 5.30. The number of nitrogens with one attached hydrogen (secondary N) is 2. The Labute approximate surface area is 114 Å². The van der Waals surface area contributed by atoms with E-state index in [1.54, 1.807) is 0 Å². The van der Waals surface area contributed by atoms with E-state index in [1.807, 2.05) is 0 Å². The van der Waals surface area contributed by atoms with E-state index in [9.17, 15) is 9.59 Å². The quantitative estimate of drug-likeness (QED) is 0.700. The lowest BCUT2D eigenvalue weighted by Gasteiger charge is -2.33. The van der Waals surface area contributed by atoms with E-state index in [2.05, 4.69) is 10.6 Å². The fourth-order valence-corrected chi connectivity index (χ4v) is 2.63. The molecule has 2 amide bonds. The molecule has 4 N–H and O–H groups in total. The van der Waals surface area contributed by atoms with Gasteiger partial charge in [-0.05, 0) is 19.3 Å². The highest BCUT2D eigenvalue weighted by atomic mass is 35.5. The van der Waals surface area contributed by atoms with E-state index in [1.165, 1.54) is 6.42 Å². The number of hydrogen-bond donors (Lipinski definition) is 3. The zero-order valence-electron chi connectivity index (χ0n) is 10.5. The molecule has 0 aromatic heterocycles. The van der Waals surface area contributed by atoms with Gasteiger partial charge in [-0.2, -0.15) is 0 Å². The Morgan fingerprint density at radius 3 is 2.61 bits per heavy atom. The summed E-state index contributed by atoms with van der Waals surface area (Å²) in [6.45, 7) is 0.526. The van der Waals surface area contributed by atoms with Gasteiger partial charge in [-0.25, -0.2) is 0 Å². The summed E-state index contributed by atoms with van der Waals surface area (Å²) in [6, 6.07) is -0.352. The molecular weight excluding hydrogens is 254 g/mol. The van der Waals surface area contributed by atoms with Crippen LogP contribution in [0, 0.1) is 0 Å². The number of carbonyl (C=O) groups excluding carboxylic acids is 2. The molecule has 6 heteroatoms. The van der Waals surface area contributed by atoms with Gasteiger partial charge in [0.25, 0.3) is 0 Å². The maximum absolute atomic E-state index is 11.8. The minimum Gasteiger partial charge on any atom is -0.352 e. The van der Waals surface area contributed by atoms with Crippen LogP contribution < -0.4 is 16.4 Å². The number of amides is 2. The van der Waals surface area contributed by atoms with Crippen molar-refractivity contribution in [1.29, 1.82) is 0 Å². The highest BCUT2D eigenvalue weighted by Crippen LogP contribution is 2.25. The molecule has 1 aliphatic carbocycles. The molecule has 0 radical (unpaired) electrons. The molecular formula is C12H22ClN3O2. The Morgan fingerprint density at radius 1 is 1.39 bits per heavy atom. The van der Waals surface area contributed by atoms with E-state index in [0.717, 1.165) is 25.7 Å². The summed E-state index contributed by atoms with van der Waals surface area (Å²) in [5.74, 6) is -0.128. The normalized spacial score (nSPS) is 26.1. The van der Waals surface area contributed by atoms with Crippen LogP contribution in [0.4, 0.5) is 0 Å². The van der Waals surface area contributed by atoms with Crippen molar-refractivity contribution in [3.05, 3.63) is 0 Å². The highest BCUT2D eigenvalue weighted by molar-refractivity contribution is 5.90. The fraction of sp³-hybridized carbons (Fsp3) is 0.833. The molecule has 18 heavy (non-hydrogen) atoms. The summed E-state index contributed by atoms with van der Waals surface area (Å²) in [7, 11) is 0. The molecule has 2 rings (SSSR count). The lowest BCUT2D eigenvalue weighted by Crippen LogP contribution is -2.53. The molecule has 0 bridgehead atoms. The van der Waals surface area contributed by atoms with Crippen LogP contribution in [0.3, 0.4) is 0 Å². The minimum atomic E-state index is -0.352. The molecule has 1 aliphatic heterocycles. The molecule has 104 valence electrons. The molecule has 0 spiro atoms. The van der Waals surface area contributed by atoms with Gasteiger partial charge >= 0.3 is 0 Å². The van der Waals surface area contributed by atoms with Crippen LogP contribution in [0.1, 0.15) is 44.9 Å². The van der Waals surface area contributed by atoms with Gasteiger partial charge in [0.1, 0.15) is 6.04 Å². The maximum atomic E-state index is 11.8. The number of carbonyl (C=O) groups is 2. The van der Waals surface area contributed by atoms with Gasteiger partial charge in [0.05, 0.1) is 0 Å². The smallest absolute Gasteiger partial charge is 0.242 e. The molecule has 1 saturated carbocycles. The molecule has 0 unspecified atom stereocenters. The first kappa shape index (κ1) is 15.2. The van der Waals surface area contributed by atoms with E-state index in [4.69, 9.17) is 5.73 Å². The molecule has 0 aromatic rings. The van der Waals surface area contributed by atoms with Crippen LogP contribution in [-0.4, -0.2) is 29.9 Å². The van der Waals surface area contributed by atoms with Gasteiger partial charge in [-0.1, -0.05) is 19.3 Å². The average Bonchev–Trinajstić information content (AvgIpc) is 2.74. The van der Waals surface area contributed by atoms with Crippen molar-refractivity contribution in [2.45, 2.75) is 56.5 Å². The lowest BCUT2D eigenvalue weighted by atomic mass is 9.82. The number of hydrogen-bond acceptors (Lipinski definition) is 3. The molecule has 0 aromatic carbocycles. The van der Waals surface area contributed by atoms with Crippen molar-refractivity contribution in [1.82, 2.24) is 10.6 Å². The predicted octanol–water partition coefficient (Wildman–Crippen LogP) is 0.465. The third-order valence-electron chi connectivity index (χ3n) is 3.78. The molecule has 2 fully saturated rings. The third kappa shape index (κ3) is 3.85. The number of rotatable bonds is 3. The first-order valence-corrected chi connectivity index (χ1v) is 6.45. The van der Waals surface area contributed by atoms with E-state index in [-0.39, 0.29) is 35.8 Å². The van der Waals surface area contributed by atoms with Crippen molar-refractivity contribution in [2.24, 2.45) is 5.73 Å². The van der Waals surface area contributed by atoms with Crippen LogP contribution in [0.5, 0.6) is 0 Å². The zero-order valence-corrected chi connectivity index (χ0v) is 11.4. The summed E-state index contributed by atoms with van der Waals surface area (Å²) >= 11 is 0. The second kappa shape index (κ2) is 6.38. The molecule has 2 aliphatic rings. The lowest BCUT2D eigenvalue weighted by molar-refractivity contribution is -0.126. The Kier molecular flexibility index (Phi) is 5.41. The average molecular weight is 276 g/mol. The number of halogens is 1. The Morgan fingerprint density at radius 2 is 2.06 bits per heavy atom. The van der Waals surface area contributed by atoms with Crippen molar-refractivity contribution in [2.75, 3.05) is 6.54 Å². The van der Waals surface area contributed by atoms with Gasteiger partial charge < -0.3 is 16.4 Å². The van der Waals surface area contributed by atoms with Crippen molar-refractivity contribution in [3.63, 3.8) is 0 Å². The molecule has 1 heterocycles. The monoisotopic (exact) mass is 275 g/mol. The fourth-order valence-electron chi connectivity index (χ4n) is 2.63. The van der Waals surface area contributed by atoms with Crippen LogP contribution in [0.15, 0.2) is 0 Å². The van der Waals surface area contributed by atoms with Crippen molar-refractivity contribution >= 4 is 24.2 Å². The minimum absolute atomic E-state index is 0. The molecule has 1 saturated heterocycles. The summed E-state index contributed by atoms with van der Waals surface area (Å²) in [5, 5.41) is 5.54. The van der Waals surface area contributed by atoms with E-state index < -0.39 is 0 Å². The van der Waals surface area contributed by atoms with Gasteiger partial charge in [0.15, 0.2) is 0 Å². The Bertz CT molecular complexity index is 316. The second-order valence-electron chi connectivity index (χ2n) is 5.30. The predicted molar refractivity (Wildman–Crippen MR) is 71.4 cm³/mol. The van der Waals surface area contributed by atoms with Gasteiger partial charge in [-0.3, -0.25) is 9.59 Å². The Balaban J connectivity index is 0.00000162. The zero-order chi connectivity index (χ0) is 12.3. The maximum Gasteiger partial charge on any atom is 0.242 e. The standard InChI is InChI=1S/C12H21N3O2.ClH/c13-12(6-2-1-3-7-12)8-14-11(17)9-4-5-10(16)15-9;/h9H,1-8,13H2,(H,14,17)(H,15,16);1H/t9-;/m1./s1. The largest absolute Gasteiger partial charge is 0.352 e. The topological polar surface area (TPSA) is 84.2 Å². The summed E-state index contributed by atoms with van der Waals surface area (Å²) < 4.78 is 0. The van der Waals surface area contributed by atoms with Gasteiger partial charge in [-0.15, -0.1) is 12.4 Å². The van der Waals surface area contributed by atoms with Crippen LogP contribution in [-0.2, 0) is 9.59 Å². The highest BCUT2D eigenvalue weighted by Gasteiger charge is 2.31. The summed E-state index contributed by atoms with van der Waals surface area (Å²) in [5.41, 5.74) is 5.99. The van der Waals surface area contributed by atoms with Gasteiger partial charge in [0, 0.05) is 18.5 Å². The van der Waals surface area contributed by atoms with Crippen LogP contribution >= 0.6 is 12.4 Å².